The lowest BCUT2D eigenvalue weighted by atomic mass is 10.4. The van der Waals surface area contributed by atoms with Gasteiger partial charge in [-0.3, -0.25) is 0 Å². The molecule has 3 heteroatoms. The molecule has 3 atom stereocenters. The number of rotatable bonds is 6. The molecule has 0 amide bonds. The Balaban J connectivity index is 3.27. The molecule has 0 aliphatic carbocycles. The van der Waals surface area contributed by atoms with Crippen LogP contribution in [0.1, 0.15) is 20.8 Å². The van der Waals surface area contributed by atoms with E-state index in [1.165, 1.54) is 0 Å². The highest BCUT2D eigenvalue weighted by Crippen LogP contribution is 1.96. The molecular formula is C9H19O3. The zero-order valence-electron chi connectivity index (χ0n) is 8.12. The van der Waals surface area contributed by atoms with Crippen LogP contribution in [-0.2, 0) is 9.47 Å². The van der Waals surface area contributed by atoms with Gasteiger partial charge in [0.2, 0.25) is 0 Å². The minimum absolute atomic E-state index is 0.0115. The summed E-state index contributed by atoms with van der Waals surface area (Å²) >= 11 is 0. The van der Waals surface area contributed by atoms with E-state index in [4.69, 9.17) is 14.6 Å². The van der Waals surface area contributed by atoms with Crippen LogP contribution in [0.3, 0.4) is 0 Å². The second kappa shape index (κ2) is 6.40. The maximum absolute atomic E-state index is 8.90. The predicted molar refractivity (Wildman–Crippen MR) is 47.9 cm³/mol. The van der Waals surface area contributed by atoms with Gasteiger partial charge in [0, 0.05) is 0 Å². The Bertz CT molecular complexity index is 89.9. The van der Waals surface area contributed by atoms with E-state index in [2.05, 4.69) is 6.92 Å². The van der Waals surface area contributed by atoms with Gasteiger partial charge in [0.15, 0.2) is 0 Å². The number of ether oxygens (including phenoxy) is 2. The molecule has 73 valence electrons. The van der Waals surface area contributed by atoms with Crippen molar-refractivity contribution < 1.29 is 14.6 Å². The topological polar surface area (TPSA) is 38.7 Å². The lowest BCUT2D eigenvalue weighted by molar-refractivity contribution is -0.0451. The smallest absolute Gasteiger partial charge is 0.0781 e. The molecule has 1 radical (unpaired) electrons. The van der Waals surface area contributed by atoms with Crippen LogP contribution in [0, 0.1) is 6.92 Å². The average molecular weight is 175 g/mol. The molecule has 0 saturated carbocycles. The molecule has 1 N–H and O–H groups in total. The number of hydrogen-bond donors (Lipinski definition) is 1. The van der Waals surface area contributed by atoms with E-state index in [0.717, 1.165) is 0 Å². The van der Waals surface area contributed by atoms with Gasteiger partial charge in [-0.15, -0.1) is 0 Å². The first-order valence-electron chi connectivity index (χ1n) is 4.26. The SMILES string of the molecule is [CH2]C(C)OCC(C)OCC(C)O. The molecule has 12 heavy (non-hydrogen) atoms. The Morgan fingerprint density at radius 3 is 2.17 bits per heavy atom. The van der Waals surface area contributed by atoms with Crippen molar-refractivity contribution >= 4 is 0 Å². The predicted octanol–water partition coefficient (Wildman–Crippen LogP) is 1.01. The van der Waals surface area contributed by atoms with Crippen LogP contribution in [0.25, 0.3) is 0 Å². The number of aliphatic hydroxyl groups is 1. The van der Waals surface area contributed by atoms with Crippen LogP contribution in [0.4, 0.5) is 0 Å². The van der Waals surface area contributed by atoms with Crippen molar-refractivity contribution in [1.82, 2.24) is 0 Å². The highest BCUT2D eigenvalue weighted by atomic mass is 16.5. The van der Waals surface area contributed by atoms with E-state index in [1.807, 2.05) is 13.8 Å². The fraction of sp³-hybridized carbons (Fsp3) is 0.889. The molecule has 0 bridgehead atoms. The van der Waals surface area contributed by atoms with Gasteiger partial charge in [-0.05, 0) is 27.7 Å². The third kappa shape index (κ3) is 7.98. The minimum atomic E-state index is -0.412. The summed E-state index contributed by atoms with van der Waals surface area (Å²) in [5.74, 6) is 0. The largest absolute Gasteiger partial charge is 0.391 e. The molecule has 0 spiro atoms. The molecule has 0 heterocycles. The van der Waals surface area contributed by atoms with Gasteiger partial charge in [0.25, 0.3) is 0 Å². The van der Waals surface area contributed by atoms with Crippen molar-refractivity contribution in [1.29, 1.82) is 0 Å². The lowest BCUT2D eigenvalue weighted by Crippen LogP contribution is -2.23. The molecule has 0 aromatic rings. The summed E-state index contributed by atoms with van der Waals surface area (Å²) in [7, 11) is 0. The Hall–Kier alpha value is -0.120. The normalized spacial score (nSPS) is 16.5. The molecule has 3 nitrogen and oxygen atoms in total. The summed E-state index contributed by atoms with van der Waals surface area (Å²) in [6.07, 6.45) is -0.406. The Morgan fingerprint density at radius 2 is 1.75 bits per heavy atom. The van der Waals surface area contributed by atoms with E-state index in [-0.39, 0.29) is 12.2 Å². The van der Waals surface area contributed by atoms with Gasteiger partial charge in [-0.2, -0.15) is 0 Å². The highest BCUT2D eigenvalue weighted by molar-refractivity contribution is 4.54. The maximum Gasteiger partial charge on any atom is 0.0781 e. The first-order chi connectivity index (χ1) is 5.52. The monoisotopic (exact) mass is 175 g/mol. The summed E-state index contributed by atoms with van der Waals surface area (Å²) in [5, 5.41) is 8.90. The summed E-state index contributed by atoms with van der Waals surface area (Å²) < 4.78 is 10.5. The number of aliphatic hydroxyl groups excluding tert-OH is 1. The Kier molecular flexibility index (Phi) is 6.34. The average Bonchev–Trinajstić information content (AvgIpc) is 1.96. The zero-order chi connectivity index (χ0) is 9.56. The molecular weight excluding hydrogens is 156 g/mol. The Morgan fingerprint density at radius 1 is 1.17 bits per heavy atom. The van der Waals surface area contributed by atoms with Crippen LogP contribution in [-0.4, -0.2) is 36.6 Å². The second-order valence-corrected chi connectivity index (χ2v) is 3.14. The van der Waals surface area contributed by atoms with E-state index >= 15 is 0 Å². The second-order valence-electron chi connectivity index (χ2n) is 3.14. The molecule has 0 rings (SSSR count). The third-order valence-corrected chi connectivity index (χ3v) is 1.24. The molecule has 0 aromatic heterocycles. The van der Waals surface area contributed by atoms with Gasteiger partial charge in [0.05, 0.1) is 31.5 Å². The van der Waals surface area contributed by atoms with Gasteiger partial charge >= 0.3 is 0 Å². The molecule has 0 aromatic carbocycles. The molecule has 3 unspecified atom stereocenters. The Labute approximate surface area is 74.7 Å². The van der Waals surface area contributed by atoms with Crippen molar-refractivity contribution in [3.63, 3.8) is 0 Å². The zero-order valence-corrected chi connectivity index (χ0v) is 8.12. The summed E-state index contributed by atoms with van der Waals surface area (Å²) in [6.45, 7) is 10.0. The van der Waals surface area contributed by atoms with Crippen molar-refractivity contribution in [3.8, 4) is 0 Å². The van der Waals surface area contributed by atoms with Crippen LogP contribution >= 0.6 is 0 Å². The fourth-order valence-corrected chi connectivity index (χ4v) is 0.651. The highest BCUT2D eigenvalue weighted by Gasteiger charge is 2.05. The van der Waals surface area contributed by atoms with E-state index in [1.54, 1.807) is 6.92 Å². The van der Waals surface area contributed by atoms with Crippen molar-refractivity contribution in [2.24, 2.45) is 0 Å². The van der Waals surface area contributed by atoms with Crippen LogP contribution in [0.2, 0.25) is 0 Å². The van der Waals surface area contributed by atoms with Gasteiger partial charge in [0.1, 0.15) is 0 Å². The number of hydrogen-bond acceptors (Lipinski definition) is 3. The van der Waals surface area contributed by atoms with Gasteiger partial charge < -0.3 is 14.6 Å². The summed E-state index contributed by atoms with van der Waals surface area (Å²) in [4.78, 5) is 0. The molecule has 0 fully saturated rings. The summed E-state index contributed by atoms with van der Waals surface area (Å²) in [6, 6.07) is 0. The maximum atomic E-state index is 8.90. The van der Waals surface area contributed by atoms with Gasteiger partial charge in [-0.1, -0.05) is 0 Å². The summed E-state index contributed by atoms with van der Waals surface area (Å²) in [5.41, 5.74) is 0. The van der Waals surface area contributed by atoms with Crippen molar-refractivity contribution in [3.05, 3.63) is 6.92 Å². The first-order valence-corrected chi connectivity index (χ1v) is 4.26. The third-order valence-electron chi connectivity index (χ3n) is 1.24. The van der Waals surface area contributed by atoms with Crippen LogP contribution in [0.5, 0.6) is 0 Å². The van der Waals surface area contributed by atoms with Gasteiger partial charge in [-0.25, -0.2) is 0 Å². The van der Waals surface area contributed by atoms with Crippen LogP contribution in [0.15, 0.2) is 0 Å². The first kappa shape index (κ1) is 11.9. The molecule has 0 aliphatic rings. The van der Waals surface area contributed by atoms with Crippen molar-refractivity contribution in [2.75, 3.05) is 13.2 Å². The quantitative estimate of drug-likeness (QED) is 0.655. The molecule has 0 saturated heterocycles. The van der Waals surface area contributed by atoms with E-state index < -0.39 is 6.10 Å². The standard InChI is InChI=1S/C9H19O3/c1-7(2)11-6-9(4)12-5-8(3)10/h7-10H,1,5-6H2,2-4H3. The molecule has 0 aliphatic heterocycles. The van der Waals surface area contributed by atoms with Crippen LogP contribution < -0.4 is 0 Å². The fourth-order valence-electron chi connectivity index (χ4n) is 0.651. The lowest BCUT2D eigenvalue weighted by Gasteiger charge is -2.15. The minimum Gasteiger partial charge on any atom is -0.391 e. The van der Waals surface area contributed by atoms with E-state index in [9.17, 15) is 0 Å². The van der Waals surface area contributed by atoms with E-state index in [0.29, 0.717) is 13.2 Å². The van der Waals surface area contributed by atoms with Crippen molar-refractivity contribution in [2.45, 2.75) is 39.1 Å².